The molecule has 1 unspecified atom stereocenters. The normalized spacial score (nSPS) is 11.6. The van der Waals surface area contributed by atoms with Gasteiger partial charge in [-0.05, 0) is 0 Å². The lowest BCUT2D eigenvalue weighted by Gasteiger charge is -2.24. The number of rotatable bonds is 6. The standard InChI is InChI=1S/C7H11N3O6/c8-1-2-10(7(15)9-16)4(6(13)14)3-5(11)12/h4H,1-3,8H2,(H,11,12)(H,13,14). The average Bonchev–Trinajstić information content (AvgIpc) is 2.21. The minimum Gasteiger partial charge on any atom is -0.481 e. The van der Waals surface area contributed by atoms with Crippen LogP contribution in [-0.2, 0) is 9.59 Å². The lowest BCUT2D eigenvalue weighted by atomic mass is 10.2. The number of aliphatic carboxylic acids is 2. The molecular weight excluding hydrogens is 222 g/mol. The van der Waals surface area contributed by atoms with Crippen molar-refractivity contribution in [3.63, 3.8) is 0 Å². The van der Waals surface area contributed by atoms with E-state index in [1.54, 1.807) is 0 Å². The van der Waals surface area contributed by atoms with Crippen LogP contribution in [0, 0.1) is 4.91 Å². The quantitative estimate of drug-likeness (QED) is 0.501. The summed E-state index contributed by atoms with van der Waals surface area (Å²) in [4.78, 5) is 42.6. The van der Waals surface area contributed by atoms with Gasteiger partial charge in [0.25, 0.3) is 0 Å². The molecule has 1 atom stereocenters. The molecule has 0 aromatic heterocycles. The number of carboxylic acids is 2. The summed E-state index contributed by atoms with van der Waals surface area (Å²) in [6.45, 7) is -0.362. The second kappa shape index (κ2) is 6.45. The predicted molar refractivity (Wildman–Crippen MR) is 50.6 cm³/mol. The molecule has 0 saturated carbocycles. The molecule has 0 aliphatic heterocycles. The first-order valence-corrected chi connectivity index (χ1v) is 4.22. The maximum Gasteiger partial charge on any atom is 0.382 e. The molecule has 9 nitrogen and oxygen atoms in total. The molecule has 0 fully saturated rings. The number of urea groups is 1. The summed E-state index contributed by atoms with van der Waals surface area (Å²) in [5, 5.41) is 19.2. The summed E-state index contributed by atoms with van der Waals surface area (Å²) < 4.78 is 0. The van der Waals surface area contributed by atoms with Crippen molar-refractivity contribution in [3.05, 3.63) is 4.91 Å². The lowest BCUT2D eigenvalue weighted by molar-refractivity contribution is -0.148. The van der Waals surface area contributed by atoms with E-state index in [2.05, 4.69) is 0 Å². The van der Waals surface area contributed by atoms with Crippen LogP contribution in [0.3, 0.4) is 0 Å². The van der Waals surface area contributed by atoms with Crippen molar-refractivity contribution in [3.8, 4) is 0 Å². The van der Waals surface area contributed by atoms with E-state index in [9.17, 15) is 19.3 Å². The zero-order valence-electron chi connectivity index (χ0n) is 8.20. The summed E-state index contributed by atoms with van der Waals surface area (Å²) in [5.74, 6) is -2.94. The van der Waals surface area contributed by atoms with Gasteiger partial charge in [0.2, 0.25) is 0 Å². The van der Waals surface area contributed by atoms with Crippen LogP contribution >= 0.6 is 0 Å². The van der Waals surface area contributed by atoms with Crippen LogP contribution in [0.1, 0.15) is 6.42 Å². The molecule has 9 heteroatoms. The van der Waals surface area contributed by atoms with Crippen molar-refractivity contribution in [2.24, 2.45) is 10.9 Å². The molecule has 4 N–H and O–H groups in total. The van der Waals surface area contributed by atoms with Crippen LogP contribution in [0.15, 0.2) is 5.18 Å². The molecule has 0 heterocycles. The number of carbonyl (C=O) groups is 3. The zero-order valence-corrected chi connectivity index (χ0v) is 8.20. The first-order chi connectivity index (χ1) is 7.43. The van der Waals surface area contributed by atoms with Crippen molar-refractivity contribution in [2.75, 3.05) is 13.1 Å². The molecular formula is C7H11N3O6. The first kappa shape index (κ1) is 14.0. The molecule has 0 bridgehead atoms. The number of nitrogens with two attached hydrogens (primary N) is 1. The summed E-state index contributed by atoms with van der Waals surface area (Å²) in [7, 11) is 0. The van der Waals surface area contributed by atoms with E-state index >= 15 is 0 Å². The van der Waals surface area contributed by atoms with Crippen LogP contribution in [0.2, 0.25) is 0 Å². The Kier molecular flexibility index (Phi) is 5.63. The minimum atomic E-state index is -1.65. The molecule has 16 heavy (non-hydrogen) atoms. The van der Waals surface area contributed by atoms with Crippen molar-refractivity contribution in [1.82, 2.24) is 4.90 Å². The van der Waals surface area contributed by atoms with Gasteiger partial charge in [0, 0.05) is 18.3 Å². The molecule has 0 spiro atoms. The van der Waals surface area contributed by atoms with E-state index < -0.39 is 30.4 Å². The molecule has 0 rings (SSSR count). The van der Waals surface area contributed by atoms with Crippen LogP contribution in [0.4, 0.5) is 4.79 Å². The molecule has 2 amide bonds. The van der Waals surface area contributed by atoms with Gasteiger partial charge in [-0.25, -0.2) is 9.59 Å². The molecule has 0 aliphatic carbocycles. The summed E-state index contributed by atoms with van der Waals surface area (Å²) >= 11 is 0. The van der Waals surface area contributed by atoms with Crippen molar-refractivity contribution < 1.29 is 24.6 Å². The van der Waals surface area contributed by atoms with E-state index in [0.717, 1.165) is 0 Å². The smallest absolute Gasteiger partial charge is 0.382 e. The fourth-order valence-electron chi connectivity index (χ4n) is 1.07. The highest BCUT2D eigenvalue weighted by atomic mass is 16.4. The number of nitroso groups, excluding NO2 is 1. The van der Waals surface area contributed by atoms with Crippen molar-refractivity contribution in [1.29, 1.82) is 0 Å². The zero-order chi connectivity index (χ0) is 12.7. The number of hydrogen-bond acceptors (Lipinski definition) is 5. The fraction of sp³-hybridized carbons (Fsp3) is 0.571. The van der Waals surface area contributed by atoms with Gasteiger partial charge in [0.1, 0.15) is 6.04 Å². The third-order valence-corrected chi connectivity index (χ3v) is 1.72. The second-order valence-corrected chi connectivity index (χ2v) is 2.81. The minimum absolute atomic E-state index is 0.106. The fourth-order valence-corrected chi connectivity index (χ4v) is 1.07. The van der Waals surface area contributed by atoms with Gasteiger partial charge in [-0.1, -0.05) is 0 Å². The number of nitrogens with zero attached hydrogens (tertiary/aromatic N) is 2. The number of carbonyl (C=O) groups excluding carboxylic acids is 1. The maximum absolute atomic E-state index is 11.0. The van der Waals surface area contributed by atoms with Crippen LogP contribution < -0.4 is 5.73 Å². The Morgan fingerprint density at radius 1 is 1.31 bits per heavy atom. The molecule has 0 saturated heterocycles. The summed E-state index contributed by atoms with van der Waals surface area (Å²) in [6, 6.07) is -3.00. The van der Waals surface area contributed by atoms with E-state index in [1.165, 1.54) is 0 Å². The third-order valence-electron chi connectivity index (χ3n) is 1.72. The van der Waals surface area contributed by atoms with E-state index in [1.807, 2.05) is 5.18 Å². The Morgan fingerprint density at radius 2 is 1.88 bits per heavy atom. The summed E-state index contributed by atoms with van der Waals surface area (Å²) in [5.41, 5.74) is 5.11. The largest absolute Gasteiger partial charge is 0.481 e. The highest BCUT2D eigenvalue weighted by Gasteiger charge is 2.31. The maximum atomic E-state index is 11.0. The second-order valence-electron chi connectivity index (χ2n) is 2.81. The number of amides is 2. The van der Waals surface area contributed by atoms with Gasteiger partial charge in [-0.3, -0.25) is 4.79 Å². The van der Waals surface area contributed by atoms with Gasteiger partial charge in [-0.15, -0.1) is 4.91 Å². The van der Waals surface area contributed by atoms with E-state index in [4.69, 9.17) is 15.9 Å². The van der Waals surface area contributed by atoms with Crippen LogP contribution in [0.5, 0.6) is 0 Å². The van der Waals surface area contributed by atoms with Crippen molar-refractivity contribution in [2.45, 2.75) is 12.5 Å². The lowest BCUT2D eigenvalue weighted by Crippen LogP contribution is -2.47. The topological polar surface area (TPSA) is 150 Å². The monoisotopic (exact) mass is 233 g/mol. The van der Waals surface area contributed by atoms with E-state index in [-0.39, 0.29) is 13.1 Å². The summed E-state index contributed by atoms with van der Waals surface area (Å²) in [6.07, 6.45) is -0.823. The Morgan fingerprint density at radius 3 is 2.19 bits per heavy atom. The number of carboxylic acid groups (broad SMARTS) is 2. The third kappa shape index (κ3) is 4.00. The SMILES string of the molecule is NCCN(C(=O)N=O)C(CC(=O)O)C(=O)O. The number of hydrogen-bond donors (Lipinski definition) is 3. The molecule has 0 radical (unpaired) electrons. The van der Waals surface area contributed by atoms with Crippen molar-refractivity contribution >= 4 is 18.0 Å². The van der Waals surface area contributed by atoms with Crippen LogP contribution in [-0.4, -0.2) is 52.2 Å². The first-order valence-electron chi connectivity index (χ1n) is 4.22. The molecule has 90 valence electrons. The average molecular weight is 233 g/mol. The predicted octanol–water partition coefficient (Wildman–Crippen LogP) is -0.939. The highest BCUT2D eigenvalue weighted by Crippen LogP contribution is 2.07. The van der Waals surface area contributed by atoms with E-state index in [0.29, 0.717) is 4.90 Å². The highest BCUT2D eigenvalue weighted by molar-refractivity contribution is 5.86. The molecule has 0 aliphatic rings. The Hall–Kier alpha value is -2.03. The Bertz CT molecular complexity index is 304. The van der Waals surface area contributed by atoms with Crippen LogP contribution in [0.25, 0.3) is 0 Å². The van der Waals surface area contributed by atoms with Gasteiger partial charge < -0.3 is 20.8 Å². The van der Waals surface area contributed by atoms with Gasteiger partial charge >= 0.3 is 18.0 Å². The Balaban J connectivity index is 4.92. The van der Waals surface area contributed by atoms with Gasteiger partial charge in [0.15, 0.2) is 0 Å². The molecule has 0 aromatic rings. The Labute approximate surface area is 89.8 Å². The van der Waals surface area contributed by atoms with Gasteiger partial charge in [-0.2, -0.15) is 0 Å². The van der Waals surface area contributed by atoms with Gasteiger partial charge in [0.05, 0.1) is 6.42 Å². The molecule has 0 aromatic carbocycles.